The normalized spacial score (nSPS) is 18.2. The summed E-state index contributed by atoms with van der Waals surface area (Å²) in [6.45, 7) is 7.26. The molecule has 0 saturated heterocycles. The summed E-state index contributed by atoms with van der Waals surface area (Å²) in [5.41, 5.74) is 0.919. The third-order valence-corrected chi connectivity index (χ3v) is 1.43. The van der Waals surface area contributed by atoms with Crippen molar-refractivity contribution in [2.45, 2.75) is 6.92 Å². The number of nitrogens with zero attached hydrogens (tertiary/aromatic N) is 2. The van der Waals surface area contributed by atoms with Crippen molar-refractivity contribution < 1.29 is 4.84 Å². The van der Waals surface area contributed by atoms with Gasteiger partial charge in [-0.15, -0.1) is 12.4 Å². The van der Waals surface area contributed by atoms with Crippen LogP contribution >= 0.6 is 12.4 Å². The lowest BCUT2D eigenvalue weighted by Gasteiger charge is -2.12. The number of oxime groups is 1. The molecule has 0 aromatic heterocycles. The van der Waals surface area contributed by atoms with Crippen LogP contribution < -0.4 is 5.32 Å². The molecule has 0 atom stereocenters. The van der Waals surface area contributed by atoms with Crippen LogP contribution in [0.3, 0.4) is 0 Å². The minimum Gasteiger partial charge on any atom is -0.392 e. The molecule has 74 valence electrons. The molecule has 0 aromatic rings. The Morgan fingerprint density at radius 3 is 3.08 bits per heavy atom. The van der Waals surface area contributed by atoms with Crippen LogP contribution in [0, 0.1) is 0 Å². The summed E-state index contributed by atoms with van der Waals surface area (Å²) in [6.07, 6.45) is 1.66. The van der Waals surface area contributed by atoms with E-state index in [1.807, 2.05) is 6.92 Å². The summed E-state index contributed by atoms with van der Waals surface area (Å²) in [5.74, 6) is 0.956. The lowest BCUT2D eigenvalue weighted by atomic mass is 10.3. The third-order valence-electron chi connectivity index (χ3n) is 1.43. The van der Waals surface area contributed by atoms with Crippen molar-refractivity contribution in [1.29, 1.82) is 0 Å². The molecule has 0 aromatic carbocycles. The Balaban J connectivity index is 0.00000144. The summed E-state index contributed by atoms with van der Waals surface area (Å²) in [6, 6.07) is 0. The second-order valence-electron chi connectivity index (χ2n) is 2.50. The van der Waals surface area contributed by atoms with Crippen LogP contribution in [0.2, 0.25) is 0 Å². The van der Waals surface area contributed by atoms with Gasteiger partial charge in [-0.2, -0.15) is 0 Å². The molecule has 1 N–H and O–H groups in total. The van der Waals surface area contributed by atoms with Gasteiger partial charge in [-0.25, -0.2) is 0 Å². The molecule has 0 aliphatic carbocycles. The quantitative estimate of drug-likeness (QED) is 0.423. The number of rotatable bonds is 3. The van der Waals surface area contributed by atoms with Crippen LogP contribution in [-0.2, 0) is 4.84 Å². The number of nitrogens with one attached hydrogen (secondary N) is 1. The first kappa shape index (κ1) is 12.0. The van der Waals surface area contributed by atoms with Gasteiger partial charge < -0.3 is 10.2 Å². The van der Waals surface area contributed by atoms with Crippen molar-refractivity contribution in [3.63, 3.8) is 0 Å². The molecule has 4 nitrogen and oxygen atoms in total. The molecule has 0 bridgehead atoms. The largest absolute Gasteiger partial charge is 0.392 e. The van der Waals surface area contributed by atoms with E-state index in [0.717, 1.165) is 18.1 Å². The van der Waals surface area contributed by atoms with Gasteiger partial charge in [0, 0.05) is 0 Å². The molecule has 1 aliphatic rings. The Hall–Kier alpha value is -1.03. The smallest absolute Gasteiger partial charge is 0.135 e. The second-order valence-corrected chi connectivity index (χ2v) is 2.50. The average molecular weight is 204 g/mol. The average Bonchev–Trinajstić information content (AvgIpc) is 2.09. The van der Waals surface area contributed by atoms with E-state index in [1.54, 1.807) is 6.08 Å². The van der Waals surface area contributed by atoms with E-state index >= 15 is 0 Å². The fraction of sp³-hybridized carbons (Fsp3) is 0.500. The fourth-order valence-electron chi connectivity index (χ4n) is 0.794. The van der Waals surface area contributed by atoms with Gasteiger partial charge in [0.05, 0.1) is 24.6 Å². The highest BCUT2D eigenvalue weighted by Gasteiger charge is 2.05. The zero-order valence-corrected chi connectivity index (χ0v) is 8.43. The molecule has 1 heterocycles. The van der Waals surface area contributed by atoms with E-state index in [0.29, 0.717) is 13.2 Å². The molecule has 1 aliphatic heterocycles. The van der Waals surface area contributed by atoms with Gasteiger partial charge in [0.2, 0.25) is 0 Å². The lowest BCUT2D eigenvalue weighted by Crippen LogP contribution is -2.34. The van der Waals surface area contributed by atoms with E-state index in [4.69, 9.17) is 4.84 Å². The van der Waals surface area contributed by atoms with Gasteiger partial charge in [0.25, 0.3) is 0 Å². The molecule has 0 fully saturated rings. The number of hydrogen-bond donors (Lipinski definition) is 1. The van der Waals surface area contributed by atoms with Crippen LogP contribution in [0.25, 0.3) is 0 Å². The maximum atomic E-state index is 4.92. The van der Waals surface area contributed by atoms with Crippen LogP contribution in [-0.4, -0.2) is 31.2 Å². The van der Waals surface area contributed by atoms with E-state index < -0.39 is 0 Å². The summed E-state index contributed by atoms with van der Waals surface area (Å²) >= 11 is 0. The predicted molar refractivity (Wildman–Crippen MR) is 56.8 cm³/mol. The molecule has 1 rings (SSSR count). The maximum absolute atomic E-state index is 4.92. The zero-order chi connectivity index (χ0) is 8.81. The monoisotopic (exact) mass is 203 g/mol. The van der Waals surface area contributed by atoms with Crippen molar-refractivity contribution in [3.8, 4) is 0 Å². The van der Waals surface area contributed by atoms with Gasteiger partial charge in [-0.05, 0) is 6.92 Å². The minimum atomic E-state index is 0. The number of amidine groups is 1. The van der Waals surface area contributed by atoms with Gasteiger partial charge in [-0.3, -0.25) is 4.99 Å². The molecular weight excluding hydrogens is 190 g/mol. The van der Waals surface area contributed by atoms with Gasteiger partial charge in [-0.1, -0.05) is 17.8 Å². The first-order valence-electron chi connectivity index (χ1n) is 3.86. The Kier molecular flexibility index (Phi) is 5.97. The Bertz CT molecular complexity index is 225. The SMILES string of the molecule is C=CCO/N=C1/CN=C(C)NC1.Cl. The standard InChI is InChI=1S/C8H13N3O.ClH/c1-3-4-12-11-8-5-9-7(2)10-6-8;/h3H,1,4-6H2,2H3,(H,9,10);1H. The van der Waals surface area contributed by atoms with Gasteiger partial charge in [0.15, 0.2) is 0 Å². The van der Waals surface area contributed by atoms with Crippen molar-refractivity contribution in [2.24, 2.45) is 10.1 Å². The summed E-state index contributed by atoms with van der Waals surface area (Å²) in [4.78, 5) is 9.08. The zero-order valence-electron chi connectivity index (χ0n) is 7.62. The highest BCUT2D eigenvalue weighted by molar-refractivity contribution is 5.96. The summed E-state index contributed by atoms with van der Waals surface area (Å²) < 4.78 is 0. The van der Waals surface area contributed by atoms with Gasteiger partial charge in [0.1, 0.15) is 6.61 Å². The summed E-state index contributed by atoms with van der Waals surface area (Å²) in [7, 11) is 0. The fourth-order valence-corrected chi connectivity index (χ4v) is 0.794. The second kappa shape index (κ2) is 6.48. The number of hydrogen-bond acceptors (Lipinski definition) is 4. The van der Waals surface area contributed by atoms with Crippen LogP contribution in [0.4, 0.5) is 0 Å². The Morgan fingerprint density at radius 1 is 1.77 bits per heavy atom. The molecule has 0 amide bonds. The number of halogens is 1. The molecular formula is C8H14ClN3O. The molecule has 0 radical (unpaired) electrons. The Labute approximate surface area is 84.2 Å². The van der Waals surface area contributed by atoms with Crippen molar-refractivity contribution in [3.05, 3.63) is 12.7 Å². The maximum Gasteiger partial charge on any atom is 0.135 e. The Morgan fingerprint density at radius 2 is 2.54 bits per heavy atom. The van der Waals surface area contributed by atoms with Crippen molar-refractivity contribution in [2.75, 3.05) is 19.7 Å². The first-order chi connectivity index (χ1) is 5.83. The highest BCUT2D eigenvalue weighted by atomic mass is 35.5. The van der Waals surface area contributed by atoms with Crippen LogP contribution in [0.5, 0.6) is 0 Å². The van der Waals surface area contributed by atoms with Crippen molar-refractivity contribution in [1.82, 2.24) is 5.32 Å². The molecule has 13 heavy (non-hydrogen) atoms. The first-order valence-corrected chi connectivity index (χ1v) is 3.86. The third kappa shape index (κ3) is 4.52. The van der Waals surface area contributed by atoms with Gasteiger partial charge >= 0.3 is 0 Å². The topological polar surface area (TPSA) is 46.0 Å². The van der Waals surface area contributed by atoms with E-state index in [1.165, 1.54) is 0 Å². The van der Waals surface area contributed by atoms with Crippen molar-refractivity contribution >= 4 is 24.0 Å². The highest BCUT2D eigenvalue weighted by Crippen LogP contribution is 1.89. The lowest BCUT2D eigenvalue weighted by molar-refractivity contribution is 0.174. The van der Waals surface area contributed by atoms with Crippen LogP contribution in [0.1, 0.15) is 6.92 Å². The summed E-state index contributed by atoms with van der Waals surface area (Å²) in [5, 5.41) is 6.96. The van der Waals surface area contributed by atoms with Crippen LogP contribution in [0.15, 0.2) is 22.8 Å². The predicted octanol–water partition coefficient (Wildman–Crippen LogP) is 0.988. The minimum absolute atomic E-state index is 0. The molecule has 0 unspecified atom stereocenters. The van der Waals surface area contributed by atoms with E-state index in [2.05, 4.69) is 22.0 Å². The van der Waals surface area contributed by atoms with E-state index in [-0.39, 0.29) is 12.4 Å². The molecule has 0 spiro atoms. The van der Waals surface area contributed by atoms with E-state index in [9.17, 15) is 0 Å². The molecule has 5 heteroatoms. The molecule has 0 saturated carbocycles. The number of aliphatic imine (C=N–C) groups is 1.